The van der Waals surface area contributed by atoms with Crippen LogP contribution in [0.5, 0.6) is 11.5 Å². The largest absolute Gasteiger partial charge is 0.490 e. The molecule has 0 aliphatic heterocycles. The molecule has 0 unspecified atom stereocenters. The topological polar surface area (TPSA) is 124 Å². The molecule has 28 heavy (non-hydrogen) atoms. The SMILES string of the molecule is CCOC(=O)COc1ccc(/C=C(\Sc2n[nH]c(C)n2)C(=O)O)cc1OCC. The van der Waals surface area contributed by atoms with Crippen LogP contribution in [0.15, 0.2) is 28.3 Å². The summed E-state index contributed by atoms with van der Waals surface area (Å²) < 4.78 is 15.8. The van der Waals surface area contributed by atoms with Gasteiger partial charge in [-0.05, 0) is 56.3 Å². The third-order valence-electron chi connectivity index (χ3n) is 3.20. The minimum Gasteiger partial charge on any atom is -0.490 e. The molecule has 9 nitrogen and oxygen atoms in total. The summed E-state index contributed by atoms with van der Waals surface area (Å²) in [5.41, 5.74) is 0.587. The Morgan fingerprint density at radius 2 is 2.00 bits per heavy atom. The van der Waals surface area contributed by atoms with Crippen LogP contribution < -0.4 is 9.47 Å². The number of rotatable bonds is 10. The van der Waals surface area contributed by atoms with Gasteiger partial charge in [0.25, 0.3) is 0 Å². The van der Waals surface area contributed by atoms with E-state index in [-0.39, 0.29) is 18.1 Å². The average molecular weight is 407 g/mol. The van der Waals surface area contributed by atoms with Gasteiger partial charge in [-0.25, -0.2) is 14.6 Å². The number of carboxylic acids is 1. The summed E-state index contributed by atoms with van der Waals surface area (Å²) in [7, 11) is 0. The number of hydrogen-bond acceptors (Lipinski definition) is 8. The number of carboxylic acid groups (broad SMARTS) is 1. The summed E-state index contributed by atoms with van der Waals surface area (Å²) in [5.74, 6) is -0.243. The number of aromatic amines is 1. The Hall–Kier alpha value is -3.01. The van der Waals surface area contributed by atoms with Crippen molar-refractivity contribution in [3.8, 4) is 11.5 Å². The minimum atomic E-state index is -1.10. The molecule has 1 heterocycles. The van der Waals surface area contributed by atoms with Gasteiger partial charge in [0.15, 0.2) is 18.1 Å². The summed E-state index contributed by atoms with van der Waals surface area (Å²) in [6.07, 6.45) is 1.48. The standard InChI is InChI=1S/C18H21N3O6S/c1-4-25-14-8-12(6-7-13(14)27-10-16(22)26-5-2)9-15(17(23)24)28-18-19-11(3)20-21-18/h6-9H,4-5,10H2,1-3H3,(H,23,24)(H,19,20,21)/b15-9-. The fourth-order valence-corrected chi connectivity index (χ4v) is 2.85. The molecular formula is C18H21N3O6S. The number of carbonyl (C=O) groups excluding carboxylic acids is 1. The highest BCUT2D eigenvalue weighted by molar-refractivity contribution is 8.04. The quantitative estimate of drug-likeness (QED) is 0.347. The smallest absolute Gasteiger partial charge is 0.344 e. The molecule has 0 saturated heterocycles. The number of esters is 1. The molecule has 1 aromatic heterocycles. The summed E-state index contributed by atoms with van der Waals surface area (Å²) in [6.45, 7) is 5.64. The summed E-state index contributed by atoms with van der Waals surface area (Å²) >= 11 is 0.930. The molecule has 0 atom stereocenters. The van der Waals surface area contributed by atoms with Gasteiger partial charge >= 0.3 is 11.9 Å². The fourth-order valence-electron chi connectivity index (χ4n) is 2.09. The third kappa shape index (κ3) is 6.31. The van der Waals surface area contributed by atoms with E-state index in [1.165, 1.54) is 6.08 Å². The first-order valence-electron chi connectivity index (χ1n) is 8.50. The Morgan fingerprint density at radius 1 is 1.21 bits per heavy atom. The summed E-state index contributed by atoms with van der Waals surface area (Å²) in [6, 6.07) is 4.91. The van der Waals surface area contributed by atoms with Crippen LogP contribution >= 0.6 is 11.8 Å². The number of aryl methyl sites for hydroxylation is 1. The van der Waals surface area contributed by atoms with Gasteiger partial charge in [0.2, 0.25) is 5.16 Å². The van der Waals surface area contributed by atoms with Crippen molar-refractivity contribution < 1.29 is 28.9 Å². The number of hydrogen-bond donors (Lipinski definition) is 2. The van der Waals surface area contributed by atoms with Gasteiger partial charge in [-0.1, -0.05) is 6.07 Å². The van der Waals surface area contributed by atoms with E-state index in [0.717, 1.165) is 11.8 Å². The lowest BCUT2D eigenvalue weighted by atomic mass is 10.2. The molecular weight excluding hydrogens is 386 g/mol. The number of aromatic nitrogens is 3. The monoisotopic (exact) mass is 407 g/mol. The third-order valence-corrected chi connectivity index (χ3v) is 4.08. The first kappa shape index (κ1) is 21.3. The van der Waals surface area contributed by atoms with E-state index in [1.54, 1.807) is 32.0 Å². The maximum atomic E-state index is 11.6. The van der Waals surface area contributed by atoms with Crippen molar-refractivity contribution in [2.75, 3.05) is 19.8 Å². The number of nitrogens with one attached hydrogen (secondary N) is 1. The van der Waals surface area contributed by atoms with Crippen molar-refractivity contribution in [2.45, 2.75) is 25.9 Å². The minimum absolute atomic E-state index is 0.0432. The molecule has 0 bridgehead atoms. The second-order valence-corrected chi connectivity index (χ2v) is 6.36. The highest BCUT2D eigenvalue weighted by atomic mass is 32.2. The number of carbonyl (C=O) groups is 2. The van der Waals surface area contributed by atoms with E-state index in [9.17, 15) is 14.7 Å². The molecule has 2 N–H and O–H groups in total. The van der Waals surface area contributed by atoms with Gasteiger partial charge in [0.1, 0.15) is 10.7 Å². The zero-order valence-electron chi connectivity index (χ0n) is 15.7. The fraction of sp³-hybridized carbons (Fsp3) is 0.333. The van der Waals surface area contributed by atoms with Crippen molar-refractivity contribution in [1.29, 1.82) is 0 Å². The Morgan fingerprint density at radius 3 is 2.61 bits per heavy atom. The van der Waals surface area contributed by atoms with Crippen molar-refractivity contribution in [1.82, 2.24) is 15.2 Å². The van der Waals surface area contributed by atoms with Crippen LogP contribution in [0.4, 0.5) is 0 Å². The first-order chi connectivity index (χ1) is 13.4. The average Bonchev–Trinajstić information content (AvgIpc) is 3.06. The summed E-state index contributed by atoms with van der Waals surface area (Å²) in [5, 5.41) is 16.4. The van der Waals surface area contributed by atoms with E-state index in [2.05, 4.69) is 15.2 Å². The molecule has 0 aliphatic rings. The van der Waals surface area contributed by atoms with Crippen LogP contribution in [0.3, 0.4) is 0 Å². The van der Waals surface area contributed by atoms with Crippen molar-refractivity contribution >= 4 is 29.8 Å². The van der Waals surface area contributed by atoms with E-state index in [0.29, 0.717) is 34.7 Å². The first-order valence-corrected chi connectivity index (χ1v) is 9.31. The van der Waals surface area contributed by atoms with Gasteiger partial charge in [0.05, 0.1) is 13.2 Å². The van der Waals surface area contributed by atoms with Crippen LogP contribution in [0.1, 0.15) is 25.2 Å². The summed E-state index contributed by atoms with van der Waals surface area (Å²) in [4.78, 5) is 27.2. The number of ether oxygens (including phenoxy) is 3. The zero-order chi connectivity index (χ0) is 20.5. The Bertz CT molecular complexity index is 865. The molecule has 0 spiro atoms. The van der Waals surface area contributed by atoms with Gasteiger partial charge in [-0.3, -0.25) is 5.10 Å². The number of aliphatic carboxylic acids is 1. The van der Waals surface area contributed by atoms with Gasteiger partial charge in [-0.15, -0.1) is 5.10 Å². The van der Waals surface area contributed by atoms with E-state index in [4.69, 9.17) is 14.2 Å². The normalized spacial score (nSPS) is 11.2. The molecule has 150 valence electrons. The number of H-pyrrole nitrogens is 1. The Kier molecular flexibility index (Phi) is 7.88. The predicted octanol–water partition coefficient (Wildman–Crippen LogP) is 2.67. The van der Waals surface area contributed by atoms with E-state index in [1.807, 2.05) is 6.92 Å². The number of thioether (sulfide) groups is 1. The lowest BCUT2D eigenvalue weighted by Crippen LogP contribution is -2.15. The molecule has 0 radical (unpaired) electrons. The predicted molar refractivity (Wildman–Crippen MR) is 102 cm³/mol. The Balaban J connectivity index is 2.22. The second kappa shape index (κ2) is 10.4. The van der Waals surface area contributed by atoms with Crippen LogP contribution in [0.2, 0.25) is 0 Å². The molecule has 0 saturated carbocycles. The molecule has 1 aromatic carbocycles. The molecule has 2 rings (SSSR count). The van der Waals surface area contributed by atoms with Gasteiger partial charge < -0.3 is 19.3 Å². The van der Waals surface area contributed by atoms with Crippen LogP contribution in [0.25, 0.3) is 6.08 Å². The number of nitrogens with zero attached hydrogens (tertiary/aromatic N) is 2. The molecule has 10 heteroatoms. The van der Waals surface area contributed by atoms with Crippen molar-refractivity contribution in [3.05, 3.63) is 34.5 Å². The van der Waals surface area contributed by atoms with Crippen LogP contribution in [-0.2, 0) is 14.3 Å². The molecule has 0 fully saturated rings. The maximum Gasteiger partial charge on any atom is 0.344 e. The second-order valence-electron chi connectivity index (χ2n) is 5.35. The van der Waals surface area contributed by atoms with Crippen LogP contribution in [0, 0.1) is 6.92 Å². The van der Waals surface area contributed by atoms with Gasteiger partial charge in [0, 0.05) is 0 Å². The number of benzene rings is 1. The van der Waals surface area contributed by atoms with E-state index >= 15 is 0 Å². The van der Waals surface area contributed by atoms with E-state index < -0.39 is 11.9 Å². The Labute approximate surface area is 166 Å². The highest BCUT2D eigenvalue weighted by Gasteiger charge is 2.14. The zero-order valence-corrected chi connectivity index (χ0v) is 16.5. The molecule has 2 aromatic rings. The van der Waals surface area contributed by atoms with Gasteiger partial charge in [-0.2, -0.15) is 0 Å². The lowest BCUT2D eigenvalue weighted by molar-refractivity contribution is -0.145. The van der Waals surface area contributed by atoms with Crippen molar-refractivity contribution in [2.24, 2.45) is 0 Å². The molecule has 0 amide bonds. The van der Waals surface area contributed by atoms with Crippen molar-refractivity contribution in [3.63, 3.8) is 0 Å². The van der Waals surface area contributed by atoms with Crippen LogP contribution in [-0.4, -0.2) is 52.0 Å². The lowest BCUT2D eigenvalue weighted by Gasteiger charge is -2.12. The highest BCUT2D eigenvalue weighted by Crippen LogP contribution is 2.31. The molecule has 0 aliphatic carbocycles. The maximum absolute atomic E-state index is 11.6.